The van der Waals surface area contributed by atoms with Gasteiger partial charge in [0.2, 0.25) is 64.8 Å². The standard InChI is InChI=1S/C70H126N12O13/c1-28-30-31-46(15)58(84)57-62(88)73-50(29-2)64(90)75(21)39-55(83)76(22)51(34-40(3)4)61(87)74-56(44(11)12)67(93)77(23)52(35-41(5)6)60(86)71-47(16)59(85)72-48(17)63(89)78(24)53(36-42(7)8)65(91)79(25)54(37-43(9)10)66(92)81(27)70(45(13)14,68(94)80(57)26)95-49-32-33-82(38-49)69(18,19)20/h28,30,40-54,56-58,84H,29,31-39H2,1-27H3,(H,71,86)(H,72,85)(H,73,88)(H,74,87)/b30-28+/t46-,47+,48-,49?,50+,51+,52+,53+,54+,56+,57+,58-,70+/m1/s1. The van der Waals surface area contributed by atoms with E-state index in [1.54, 1.807) is 54.5 Å². The van der Waals surface area contributed by atoms with Gasteiger partial charge in [-0.1, -0.05) is 109 Å². The molecule has 11 amide bonds. The largest absolute Gasteiger partial charge is 0.390 e. The maximum Gasteiger partial charge on any atom is 0.276 e. The van der Waals surface area contributed by atoms with Crippen LogP contribution < -0.4 is 21.3 Å². The van der Waals surface area contributed by atoms with Crippen molar-refractivity contribution in [3.8, 4) is 0 Å². The molecule has 2 heterocycles. The number of likely N-dealkylation sites (tertiary alicyclic amines) is 1. The molecule has 0 saturated carbocycles. The number of amides is 11. The van der Waals surface area contributed by atoms with Gasteiger partial charge in [0, 0.05) is 73.9 Å². The van der Waals surface area contributed by atoms with Gasteiger partial charge in [0.05, 0.1) is 18.8 Å². The highest BCUT2D eigenvalue weighted by atomic mass is 16.5. The van der Waals surface area contributed by atoms with Crippen LogP contribution in [0.3, 0.4) is 0 Å². The van der Waals surface area contributed by atoms with E-state index >= 15 is 19.2 Å². The normalized spacial score (nSPS) is 28.1. The van der Waals surface area contributed by atoms with Gasteiger partial charge in [0.15, 0.2) is 0 Å². The van der Waals surface area contributed by atoms with Crippen LogP contribution in [0.1, 0.15) is 183 Å². The highest BCUT2D eigenvalue weighted by molar-refractivity contribution is 6.00. The van der Waals surface area contributed by atoms with E-state index in [0.717, 1.165) is 9.80 Å². The fourth-order valence-corrected chi connectivity index (χ4v) is 12.6. The highest BCUT2D eigenvalue weighted by Crippen LogP contribution is 2.36. The lowest BCUT2D eigenvalue weighted by molar-refractivity contribution is -0.220. The Hall–Kier alpha value is -6.21. The molecule has 0 aliphatic carbocycles. The minimum absolute atomic E-state index is 0.00850. The van der Waals surface area contributed by atoms with Gasteiger partial charge in [0.1, 0.15) is 54.4 Å². The molecule has 0 bridgehead atoms. The van der Waals surface area contributed by atoms with Crippen LogP contribution in [0.15, 0.2) is 12.2 Å². The predicted molar refractivity (Wildman–Crippen MR) is 368 cm³/mol. The van der Waals surface area contributed by atoms with Gasteiger partial charge in [-0.25, -0.2) is 0 Å². The number of nitrogens with one attached hydrogen (secondary N) is 4. The van der Waals surface area contributed by atoms with Gasteiger partial charge >= 0.3 is 0 Å². The monoisotopic (exact) mass is 1340 g/mol. The zero-order chi connectivity index (χ0) is 73.4. The first kappa shape index (κ1) is 84.9. The quantitative estimate of drug-likeness (QED) is 0.126. The third-order valence-corrected chi connectivity index (χ3v) is 18.8. The molecule has 25 nitrogen and oxygen atoms in total. The zero-order valence-electron chi connectivity index (χ0n) is 63.0. The summed E-state index contributed by atoms with van der Waals surface area (Å²) in [5.41, 5.74) is -2.56. The van der Waals surface area contributed by atoms with E-state index in [-0.39, 0.29) is 67.7 Å². The maximum absolute atomic E-state index is 16.4. The first-order chi connectivity index (χ1) is 43.8. The molecule has 25 heteroatoms. The summed E-state index contributed by atoms with van der Waals surface area (Å²) in [6.45, 7) is 36.5. The van der Waals surface area contributed by atoms with E-state index in [0.29, 0.717) is 19.5 Å². The van der Waals surface area contributed by atoms with Gasteiger partial charge in [0.25, 0.3) is 5.91 Å². The average molecular weight is 1340 g/mol. The minimum atomic E-state index is -2.24. The van der Waals surface area contributed by atoms with Crippen molar-refractivity contribution >= 4 is 65.0 Å². The van der Waals surface area contributed by atoms with Crippen molar-refractivity contribution in [3.63, 3.8) is 0 Å². The van der Waals surface area contributed by atoms with Crippen LogP contribution in [0, 0.1) is 41.4 Å². The van der Waals surface area contributed by atoms with E-state index in [1.165, 1.54) is 87.7 Å². The van der Waals surface area contributed by atoms with Crippen LogP contribution in [0.25, 0.3) is 0 Å². The van der Waals surface area contributed by atoms with Crippen LogP contribution >= 0.6 is 0 Å². The summed E-state index contributed by atoms with van der Waals surface area (Å²) in [6, 6.07) is -11.5. The lowest BCUT2D eigenvalue weighted by Crippen LogP contribution is -2.70. The van der Waals surface area contributed by atoms with Crippen LogP contribution in [0.5, 0.6) is 0 Å². The number of hydrogen-bond acceptors (Lipinski definition) is 14. The zero-order valence-corrected chi connectivity index (χ0v) is 63.0. The van der Waals surface area contributed by atoms with E-state index in [9.17, 15) is 38.7 Å². The topological polar surface area (TPSA) is 291 Å². The van der Waals surface area contributed by atoms with Crippen molar-refractivity contribution in [1.82, 2.24) is 60.5 Å². The Labute approximate surface area is 569 Å². The Balaban J connectivity index is 3.18. The van der Waals surface area contributed by atoms with Crippen molar-refractivity contribution in [2.45, 2.75) is 261 Å². The van der Waals surface area contributed by atoms with Gasteiger partial charge in [-0.15, -0.1) is 0 Å². The van der Waals surface area contributed by atoms with Crippen molar-refractivity contribution in [3.05, 3.63) is 12.2 Å². The molecule has 0 aromatic carbocycles. The predicted octanol–water partition coefficient (Wildman–Crippen LogP) is 4.49. The number of rotatable bonds is 17. The molecule has 2 fully saturated rings. The number of aliphatic hydroxyl groups is 1. The molecule has 0 aromatic heterocycles. The second kappa shape index (κ2) is 36.9. The molecule has 2 aliphatic rings. The maximum atomic E-state index is 16.4. The second-order valence-electron chi connectivity index (χ2n) is 30.3. The number of ether oxygens (including phenoxy) is 1. The fraction of sp³-hybridized carbons (Fsp3) is 0.814. The van der Waals surface area contributed by atoms with E-state index in [2.05, 4.69) is 46.9 Å². The molecule has 0 spiro atoms. The number of likely N-dealkylation sites (N-methyl/N-ethyl adjacent to an activating group) is 7. The first-order valence-electron chi connectivity index (χ1n) is 34.6. The van der Waals surface area contributed by atoms with Crippen LogP contribution in [-0.4, -0.2) is 256 Å². The fourth-order valence-electron chi connectivity index (χ4n) is 12.6. The van der Waals surface area contributed by atoms with E-state index in [1.807, 2.05) is 61.5 Å². The lowest BCUT2D eigenvalue weighted by Gasteiger charge is -2.49. The summed E-state index contributed by atoms with van der Waals surface area (Å²) in [7, 11) is 9.93. The summed E-state index contributed by atoms with van der Waals surface area (Å²) in [6.07, 6.45) is 2.57. The Bertz CT molecular complexity index is 2660. The summed E-state index contributed by atoms with van der Waals surface area (Å²) in [5, 5.41) is 23.6. The number of hydrogen-bond donors (Lipinski definition) is 5. The summed E-state index contributed by atoms with van der Waals surface area (Å²) >= 11 is 0. The molecular weight excluding hydrogens is 1220 g/mol. The number of nitrogens with zero attached hydrogens (tertiary/aromatic N) is 8. The number of carbonyl (C=O) groups is 11. The van der Waals surface area contributed by atoms with Crippen molar-refractivity contribution < 1.29 is 62.6 Å². The summed E-state index contributed by atoms with van der Waals surface area (Å²) in [4.78, 5) is 175. The molecule has 95 heavy (non-hydrogen) atoms. The van der Waals surface area contributed by atoms with Crippen molar-refractivity contribution in [1.29, 1.82) is 0 Å². The smallest absolute Gasteiger partial charge is 0.276 e. The van der Waals surface area contributed by atoms with Gasteiger partial charge in [-0.3, -0.25) is 57.6 Å². The Morgan fingerprint density at radius 2 is 1.03 bits per heavy atom. The molecule has 2 aliphatic heterocycles. The highest BCUT2D eigenvalue weighted by Gasteiger charge is 2.56. The van der Waals surface area contributed by atoms with E-state index < -0.39 is 162 Å². The molecule has 5 N–H and O–H groups in total. The Morgan fingerprint density at radius 1 is 0.568 bits per heavy atom. The molecule has 13 atom stereocenters. The lowest BCUT2D eigenvalue weighted by atomic mass is 9.89. The van der Waals surface area contributed by atoms with Crippen LogP contribution in [-0.2, 0) is 57.5 Å². The van der Waals surface area contributed by atoms with Crippen LogP contribution in [0.2, 0.25) is 0 Å². The summed E-state index contributed by atoms with van der Waals surface area (Å²) < 4.78 is 7.19. The molecule has 1 unspecified atom stereocenters. The molecule has 544 valence electrons. The summed E-state index contributed by atoms with van der Waals surface area (Å²) in [5.74, 6) is -10.6. The molecular formula is C70H126N12O13. The van der Waals surface area contributed by atoms with Gasteiger partial charge in [-0.2, -0.15) is 0 Å². The molecule has 0 aromatic rings. The number of aliphatic hydroxyl groups excluding tert-OH is 1. The number of allylic oxidation sites excluding steroid dienone is 2. The average Bonchev–Trinajstić information content (AvgIpc) is 1.55. The Kier molecular flexibility index (Phi) is 33.0. The third-order valence-electron chi connectivity index (χ3n) is 18.8. The van der Waals surface area contributed by atoms with E-state index in [4.69, 9.17) is 4.74 Å². The SMILES string of the molecule is C/C=C/C[C@@H](C)[C@@H](O)[C@H]1C(=O)N[C@@H](CC)C(=O)N(C)CC(=O)N(C)[C@@H](CC(C)C)C(=O)N[C@@H](C(C)C)C(=O)N(C)[C@@H](CC(C)C)C(=O)N[C@@H](C)C(=O)N[C@H](C)C(=O)N(C)[C@@H](CC(C)C)C(=O)N(C)[C@@H](CC(C)C)C(=O)N(C)[C@](OC2CCN(C(C)(C)C)C2)(C(C)C)C(=O)N1C. The minimum Gasteiger partial charge on any atom is -0.390 e. The first-order valence-corrected chi connectivity index (χ1v) is 34.6. The van der Waals surface area contributed by atoms with Gasteiger partial charge in [-0.05, 0) is 122 Å². The van der Waals surface area contributed by atoms with Crippen LogP contribution in [0.4, 0.5) is 0 Å². The second-order valence-corrected chi connectivity index (χ2v) is 30.3. The van der Waals surface area contributed by atoms with Gasteiger partial charge < -0.3 is 65.4 Å². The van der Waals surface area contributed by atoms with Crippen molar-refractivity contribution in [2.24, 2.45) is 41.4 Å². The number of carbonyl (C=O) groups excluding carboxylic acids is 11. The third kappa shape index (κ3) is 22.4. The Morgan fingerprint density at radius 3 is 1.49 bits per heavy atom. The van der Waals surface area contributed by atoms with Crippen molar-refractivity contribution in [2.75, 3.05) is 69.0 Å². The molecule has 2 saturated heterocycles. The molecule has 0 radical (unpaired) electrons. The molecule has 2 rings (SSSR count).